The summed E-state index contributed by atoms with van der Waals surface area (Å²) < 4.78 is 45.5. The molecule has 19 heteroatoms. The summed E-state index contributed by atoms with van der Waals surface area (Å²) in [6.45, 7) is 10.1. The highest BCUT2D eigenvalue weighted by Crippen LogP contribution is 2.70. The lowest BCUT2D eigenvalue weighted by atomic mass is 9.41. The first-order chi connectivity index (χ1) is 30.6. The van der Waals surface area contributed by atoms with Crippen molar-refractivity contribution in [3.63, 3.8) is 0 Å². The van der Waals surface area contributed by atoms with Crippen molar-refractivity contribution in [2.75, 3.05) is 40.6 Å². The van der Waals surface area contributed by atoms with E-state index < -0.39 is 133 Å². The lowest BCUT2D eigenvalue weighted by Crippen LogP contribution is -2.71. The Morgan fingerprint density at radius 1 is 0.585 bits per heavy atom. The van der Waals surface area contributed by atoms with Gasteiger partial charge in [-0.2, -0.15) is 0 Å². The Hall–Kier alpha value is -0.760. The van der Waals surface area contributed by atoms with E-state index in [1.807, 2.05) is 6.92 Å². The van der Waals surface area contributed by atoms with Gasteiger partial charge in [-0.05, 0) is 78.9 Å². The van der Waals surface area contributed by atoms with E-state index in [-0.39, 0.29) is 62.4 Å². The van der Waals surface area contributed by atoms with Crippen molar-refractivity contribution in [1.82, 2.24) is 0 Å². The normalized spacial score (nSPS) is 52.4. The Bertz CT molecular complexity index is 1550. The average molecular weight is 937 g/mol. The minimum absolute atomic E-state index is 0.0299. The molecule has 26 unspecified atom stereocenters. The molecule has 7 rings (SSSR count). The number of hydrogen-bond donors (Lipinski definition) is 11. The van der Waals surface area contributed by atoms with E-state index in [4.69, 9.17) is 37.9 Å². The number of methoxy groups -OCH3 is 2. The zero-order chi connectivity index (χ0) is 47.5. The van der Waals surface area contributed by atoms with E-state index in [1.54, 1.807) is 0 Å². The predicted octanol–water partition coefficient (Wildman–Crippen LogP) is -1.23. The van der Waals surface area contributed by atoms with Gasteiger partial charge in [0.15, 0.2) is 18.9 Å². The molecule has 0 aromatic rings. The molecule has 3 saturated heterocycles. The van der Waals surface area contributed by atoms with E-state index in [0.717, 1.165) is 12.8 Å². The molecule has 11 N–H and O–H groups in total. The molecule has 26 atom stereocenters. The number of rotatable bonds is 15. The van der Waals surface area contributed by atoms with Gasteiger partial charge in [-0.1, -0.05) is 41.0 Å². The maximum atomic E-state index is 12.7. The predicted molar refractivity (Wildman–Crippen MR) is 226 cm³/mol. The van der Waals surface area contributed by atoms with Crippen LogP contribution in [0.3, 0.4) is 0 Å². The fourth-order valence-electron chi connectivity index (χ4n) is 14.3. The third kappa shape index (κ3) is 9.47. The monoisotopic (exact) mass is 937 g/mol. The van der Waals surface area contributed by atoms with Gasteiger partial charge in [-0.3, -0.25) is 0 Å². The molecule has 4 aliphatic carbocycles. The minimum Gasteiger partial charge on any atom is -0.393 e. The second-order valence-corrected chi connectivity index (χ2v) is 21.6. The second kappa shape index (κ2) is 20.5. The zero-order valence-electron chi connectivity index (χ0n) is 39.0. The van der Waals surface area contributed by atoms with Crippen molar-refractivity contribution < 1.29 is 94.1 Å². The SMILES string of the molecule is COC1C(O)COC(OC2COC(OC3COC(OCCC(CCC(C)C4C(O)C(O)C5C4(C)CCC4C6(C)CCC(O)C(O)C6C(O)CC45O)C(C)C)C(O)C3O)C(O)C2OC)C1O. The molecular formula is C46H80O19. The molecule has 65 heavy (non-hydrogen) atoms. The number of hydrogen-bond acceptors (Lipinski definition) is 19. The van der Waals surface area contributed by atoms with E-state index >= 15 is 0 Å². The Labute approximate surface area is 382 Å². The topological polar surface area (TPSA) is 296 Å². The fourth-order valence-corrected chi connectivity index (χ4v) is 14.3. The second-order valence-electron chi connectivity index (χ2n) is 21.6. The van der Waals surface area contributed by atoms with Crippen molar-refractivity contribution in [3.8, 4) is 0 Å². The smallest absolute Gasteiger partial charge is 0.186 e. The van der Waals surface area contributed by atoms with E-state index in [2.05, 4.69) is 27.7 Å². The Kier molecular flexibility index (Phi) is 16.4. The van der Waals surface area contributed by atoms with Gasteiger partial charge in [-0.15, -0.1) is 0 Å². The molecule has 7 fully saturated rings. The van der Waals surface area contributed by atoms with Crippen LogP contribution in [0.15, 0.2) is 0 Å². The maximum Gasteiger partial charge on any atom is 0.186 e. The van der Waals surface area contributed by atoms with Crippen LogP contribution in [-0.4, -0.2) is 207 Å². The van der Waals surface area contributed by atoms with Crippen LogP contribution in [0, 0.1) is 52.3 Å². The van der Waals surface area contributed by atoms with Crippen LogP contribution in [0.2, 0.25) is 0 Å². The summed E-state index contributed by atoms with van der Waals surface area (Å²) >= 11 is 0. The molecule has 0 amide bonds. The quantitative estimate of drug-likeness (QED) is 0.0917. The van der Waals surface area contributed by atoms with Crippen molar-refractivity contribution in [3.05, 3.63) is 0 Å². The third-order valence-electron chi connectivity index (χ3n) is 17.6. The molecule has 378 valence electrons. The van der Waals surface area contributed by atoms with Gasteiger partial charge in [-0.25, -0.2) is 0 Å². The molecule has 19 nitrogen and oxygen atoms in total. The summed E-state index contributed by atoms with van der Waals surface area (Å²) in [5, 5.41) is 123. The molecule has 0 bridgehead atoms. The Morgan fingerprint density at radius 3 is 1.85 bits per heavy atom. The van der Waals surface area contributed by atoms with Crippen molar-refractivity contribution in [2.45, 2.75) is 196 Å². The third-order valence-corrected chi connectivity index (χ3v) is 17.6. The molecule has 3 aliphatic heterocycles. The summed E-state index contributed by atoms with van der Waals surface area (Å²) in [4.78, 5) is 0. The lowest BCUT2D eigenvalue weighted by molar-refractivity contribution is -0.351. The van der Waals surface area contributed by atoms with Crippen molar-refractivity contribution in [2.24, 2.45) is 52.3 Å². The minimum atomic E-state index is -1.49. The van der Waals surface area contributed by atoms with Crippen LogP contribution in [0.4, 0.5) is 0 Å². The summed E-state index contributed by atoms with van der Waals surface area (Å²) in [5.74, 6) is -1.52. The van der Waals surface area contributed by atoms with Gasteiger partial charge in [0.25, 0.3) is 0 Å². The van der Waals surface area contributed by atoms with Crippen LogP contribution >= 0.6 is 0 Å². The molecule has 4 saturated carbocycles. The van der Waals surface area contributed by atoms with Gasteiger partial charge >= 0.3 is 0 Å². The van der Waals surface area contributed by atoms with Gasteiger partial charge in [0, 0.05) is 32.5 Å². The number of fused-ring (bicyclic) bond motifs is 5. The summed E-state index contributed by atoms with van der Waals surface area (Å²) in [5.41, 5.74) is -2.73. The molecule has 3 heterocycles. The van der Waals surface area contributed by atoms with E-state index in [1.165, 1.54) is 14.2 Å². The highest BCUT2D eigenvalue weighted by atomic mass is 16.8. The first kappa shape index (κ1) is 52.1. The number of aliphatic hydroxyl groups excluding tert-OH is 10. The van der Waals surface area contributed by atoms with Gasteiger partial charge in [0.2, 0.25) is 0 Å². The van der Waals surface area contributed by atoms with Gasteiger partial charge < -0.3 is 94.1 Å². The van der Waals surface area contributed by atoms with Crippen LogP contribution < -0.4 is 0 Å². The zero-order valence-corrected chi connectivity index (χ0v) is 39.0. The van der Waals surface area contributed by atoms with Crippen LogP contribution in [-0.2, 0) is 37.9 Å². The number of ether oxygens (including phenoxy) is 8. The average Bonchev–Trinajstić information content (AvgIpc) is 3.46. The van der Waals surface area contributed by atoms with Crippen molar-refractivity contribution in [1.29, 1.82) is 0 Å². The van der Waals surface area contributed by atoms with Gasteiger partial charge in [0.05, 0.1) is 62.5 Å². The van der Waals surface area contributed by atoms with E-state index in [9.17, 15) is 56.2 Å². The lowest BCUT2D eigenvalue weighted by Gasteiger charge is -2.66. The van der Waals surface area contributed by atoms with Gasteiger partial charge in [0.1, 0.15) is 54.9 Å². The molecule has 0 aromatic carbocycles. The Morgan fingerprint density at radius 2 is 1.18 bits per heavy atom. The molecule has 0 spiro atoms. The summed E-state index contributed by atoms with van der Waals surface area (Å²) in [6, 6.07) is 0. The van der Waals surface area contributed by atoms with E-state index in [0.29, 0.717) is 32.1 Å². The number of aliphatic hydroxyl groups is 11. The molecule has 0 aromatic heterocycles. The van der Waals surface area contributed by atoms with Crippen LogP contribution in [0.25, 0.3) is 0 Å². The maximum absolute atomic E-state index is 12.7. The molecular weight excluding hydrogens is 856 g/mol. The standard InChI is InChI=1S/C46H80O19/c1-20(2)22(9-8-21(3)29-33(52)34(53)40-45(29,5)14-11-28-44(4)13-10-23(47)31(50)30(44)24(48)16-46(28,40)57)12-15-60-41-35(54)32(51)26(18-62-41)64-43-37(56)39(59-7)27(19-63-43)65-42-36(55)38(58-6)25(49)17-61-42/h20-43,47-57H,8-19H2,1-7H3. The summed E-state index contributed by atoms with van der Waals surface area (Å²) in [7, 11) is 2.70. The molecule has 7 aliphatic rings. The Balaban J connectivity index is 0.893. The summed E-state index contributed by atoms with van der Waals surface area (Å²) in [6.07, 6.45) is -15.5. The van der Waals surface area contributed by atoms with Crippen LogP contribution in [0.5, 0.6) is 0 Å². The molecule has 0 radical (unpaired) electrons. The largest absolute Gasteiger partial charge is 0.393 e. The first-order valence-electron chi connectivity index (χ1n) is 24.0. The van der Waals surface area contributed by atoms with Crippen LogP contribution in [0.1, 0.15) is 86.0 Å². The van der Waals surface area contributed by atoms with Crippen molar-refractivity contribution >= 4 is 0 Å². The highest BCUT2D eigenvalue weighted by molar-refractivity contribution is 5.22. The first-order valence-corrected chi connectivity index (χ1v) is 24.0. The highest BCUT2D eigenvalue weighted by Gasteiger charge is 2.73. The fraction of sp³-hybridized carbons (Fsp3) is 1.00.